The average Bonchev–Trinajstić information content (AvgIpc) is 2.94. The highest BCUT2D eigenvalue weighted by Gasteiger charge is 2.20. The molecule has 1 atom stereocenters. The molecule has 0 spiro atoms. The fraction of sp³-hybridized carbons (Fsp3) is 0.600. The van der Waals surface area contributed by atoms with Crippen molar-refractivity contribution in [2.45, 2.75) is 25.4 Å². The van der Waals surface area contributed by atoms with Crippen molar-refractivity contribution in [2.24, 2.45) is 0 Å². The van der Waals surface area contributed by atoms with E-state index < -0.39 is 0 Å². The van der Waals surface area contributed by atoms with Gasteiger partial charge in [-0.05, 0) is 30.5 Å². The van der Waals surface area contributed by atoms with Crippen LogP contribution in [0.25, 0.3) is 0 Å². The molecule has 3 heteroatoms. The molecule has 0 saturated carbocycles. The predicted octanol–water partition coefficient (Wildman–Crippen LogP) is 1.52. The molecule has 0 amide bonds. The van der Waals surface area contributed by atoms with Crippen molar-refractivity contribution in [1.29, 1.82) is 0 Å². The summed E-state index contributed by atoms with van der Waals surface area (Å²) in [6.45, 7) is 6.88. The van der Waals surface area contributed by atoms with E-state index in [4.69, 9.17) is 0 Å². The van der Waals surface area contributed by atoms with E-state index in [9.17, 15) is 0 Å². The molecule has 2 heterocycles. The van der Waals surface area contributed by atoms with Gasteiger partial charge in [0.2, 0.25) is 0 Å². The molecule has 0 aliphatic carbocycles. The van der Waals surface area contributed by atoms with Crippen molar-refractivity contribution in [3.63, 3.8) is 0 Å². The first-order valence-electron chi connectivity index (χ1n) is 7.18. The molecule has 1 aromatic rings. The maximum Gasteiger partial charge on any atom is 0.0323 e. The normalized spacial score (nSPS) is 25.4. The van der Waals surface area contributed by atoms with Gasteiger partial charge >= 0.3 is 0 Å². The van der Waals surface area contributed by atoms with Crippen LogP contribution in [0.2, 0.25) is 0 Å². The van der Waals surface area contributed by atoms with Gasteiger partial charge in [0.25, 0.3) is 0 Å². The SMILES string of the molecule is c1ccc([C@H]2CCCN2)c(CN2CCNCC2)c1. The molecule has 2 N–H and O–H groups in total. The van der Waals surface area contributed by atoms with Crippen LogP contribution in [-0.4, -0.2) is 37.6 Å². The molecule has 3 nitrogen and oxygen atoms in total. The molecule has 1 aromatic carbocycles. The van der Waals surface area contributed by atoms with Crippen LogP contribution in [0.15, 0.2) is 24.3 Å². The molecule has 0 bridgehead atoms. The van der Waals surface area contributed by atoms with Crippen LogP contribution in [0.1, 0.15) is 30.0 Å². The molecule has 2 aliphatic heterocycles. The zero-order valence-corrected chi connectivity index (χ0v) is 11.0. The highest BCUT2D eigenvalue weighted by Crippen LogP contribution is 2.26. The third kappa shape index (κ3) is 2.74. The number of benzene rings is 1. The number of nitrogens with zero attached hydrogens (tertiary/aromatic N) is 1. The summed E-state index contributed by atoms with van der Waals surface area (Å²) in [5, 5.41) is 7.04. The van der Waals surface area contributed by atoms with Crippen LogP contribution in [-0.2, 0) is 6.54 Å². The molecular weight excluding hydrogens is 222 g/mol. The summed E-state index contributed by atoms with van der Waals surface area (Å²) in [7, 11) is 0. The summed E-state index contributed by atoms with van der Waals surface area (Å²) in [6, 6.07) is 9.55. The molecule has 0 radical (unpaired) electrons. The van der Waals surface area contributed by atoms with Crippen molar-refractivity contribution in [1.82, 2.24) is 15.5 Å². The first-order valence-corrected chi connectivity index (χ1v) is 7.18. The lowest BCUT2D eigenvalue weighted by Crippen LogP contribution is -2.43. The van der Waals surface area contributed by atoms with Gasteiger partial charge in [0.05, 0.1) is 0 Å². The van der Waals surface area contributed by atoms with Gasteiger partial charge < -0.3 is 10.6 Å². The Morgan fingerprint density at radius 3 is 2.72 bits per heavy atom. The fourth-order valence-electron chi connectivity index (χ4n) is 3.08. The molecule has 2 saturated heterocycles. The minimum Gasteiger partial charge on any atom is -0.314 e. The van der Waals surface area contributed by atoms with E-state index in [2.05, 4.69) is 39.8 Å². The predicted molar refractivity (Wildman–Crippen MR) is 74.6 cm³/mol. The van der Waals surface area contributed by atoms with Gasteiger partial charge in [-0.1, -0.05) is 24.3 Å². The first-order chi connectivity index (χ1) is 8.93. The van der Waals surface area contributed by atoms with Crippen molar-refractivity contribution < 1.29 is 0 Å². The molecule has 2 fully saturated rings. The quantitative estimate of drug-likeness (QED) is 0.845. The van der Waals surface area contributed by atoms with Gasteiger partial charge in [0, 0.05) is 38.8 Å². The van der Waals surface area contributed by atoms with Crippen molar-refractivity contribution in [3.05, 3.63) is 35.4 Å². The first kappa shape index (κ1) is 12.2. The zero-order valence-electron chi connectivity index (χ0n) is 11.0. The topological polar surface area (TPSA) is 27.3 Å². The Kier molecular flexibility index (Phi) is 3.93. The fourth-order valence-corrected chi connectivity index (χ4v) is 3.08. The van der Waals surface area contributed by atoms with Crippen LogP contribution >= 0.6 is 0 Å². The standard InChI is InChI=1S/C15H23N3/c1-2-5-14(15-6-3-7-17-15)13(4-1)12-18-10-8-16-9-11-18/h1-2,4-5,15-17H,3,6-12H2/t15-/m1/s1. The lowest BCUT2D eigenvalue weighted by molar-refractivity contribution is 0.232. The molecule has 98 valence electrons. The van der Waals surface area contributed by atoms with E-state index in [-0.39, 0.29) is 0 Å². The smallest absolute Gasteiger partial charge is 0.0323 e. The maximum absolute atomic E-state index is 3.62. The monoisotopic (exact) mass is 245 g/mol. The molecule has 0 unspecified atom stereocenters. The van der Waals surface area contributed by atoms with E-state index in [0.717, 1.165) is 19.6 Å². The van der Waals surface area contributed by atoms with Gasteiger partial charge in [-0.25, -0.2) is 0 Å². The Bertz CT molecular complexity index is 379. The van der Waals surface area contributed by atoms with E-state index in [1.165, 1.54) is 43.6 Å². The Morgan fingerprint density at radius 2 is 1.94 bits per heavy atom. The number of rotatable bonds is 3. The Morgan fingerprint density at radius 1 is 1.11 bits per heavy atom. The zero-order chi connectivity index (χ0) is 12.2. The van der Waals surface area contributed by atoms with Crippen LogP contribution in [0.3, 0.4) is 0 Å². The number of hydrogen-bond donors (Lipinski definition) is 2. The lowest BCUT2D eigenvalue weighted by Gasteiger charge is -2.28. The largest absolute Gasteiger partial charge is 0.314 e. The second-order valence-corrected chi connectivity index (χ2v) is 5.37. The summed E-state index contributed by atoms with van der Waals surface area (Å²) in [5.74, 6) is 0. The summed E-state index contributed by atoms with van der Waals surface area (Å²) >= 11 is 0. The highest BCUT2D eigenvalue weighted by molar-refractivity contribution is 5.30. The molecular formula is C15H23N3. The Hall–Kier alpha value is -0.900. The Balaban J connectivity index is 1.73. The molecule has 3 rings (SSSR count). The van der Waals surface area contributed by atoms with Gasteiger partial charge in [-0.3, -0.25) is 4.90 Å². The number of nitrogens with one attached hydrogen (secondary N) is 2. The number of piperazine rings is 1. The van der Waals surface area contributed by atoms with Crippen LogP contribution < -0.4 is 10.6 Å². The van der Waals surface area contributed by atoms with Gasteiger partial charge in [0.1, 0.15) is 0 Å². The third-order valence-electron chi connectivity index (χ3n) is 4.09. The van der Waals surface area contributed by atoms with Crippen molar-refractivity contribution in [3.8, 4) is 0 Å². The average molecular weight is 245 g/mol. The number of hydrogen-bond acceptors (Lipinski definition) is 3. The van der Waals surface area contributed by atoms with Gasteiger partial charge in [0.15, 0.2) is 0 Å². The molecule has 0 aromatic heterocycles. The summed E-state index contributed by atoms with van der Waals surface area (Å²) in [6.07, 6.45) is 2.60. The van der Waals surface area contributed by atoms with E-state index in [1.807, 2.05) is 0 Å². The summed E-state index contributed by atoms with van der Waals surface area (Å²) < 4.78 is 0. The van der Waals surface area contributed by atoms with Crippen LogP contribution in [0.4, 0.5) is 0 Å². The van der Waals surface area contributed by atoms with Gasteiger partial charge in [-0.15, -0.1) is 0 Å². The van der Waals surface area contributed by atoms with Crippen molar-refractivity contribution >= 4 is 0 Å². The van der Waals surface area contributed by atoms with Crippen molar-refractivity contribution in [2.75, 3.05) is 32.7 Å². The van der Waals surface area contributed by atoms with E-state index >= 15 is 0 Å². The van der Waals surface area contributed by atoms with Crippen LogP contribution in [0.5, 0.6) is 0 Å². The summed E-state index contributed by atoms with van der Waals surface area (Å²) in [4.78, 5) is 2.56. The Labute approximate surface area is 110 Å². The van der Waals surface area contributed by atoms with Crippen LogP contribution in [0, 0.1) is 0 Å². The van der Waals surface area contributed by atoms with E-state index in [0.29, 0.717) is 6.04 Å². The molecule has 18 heavy (non-hydrogen) atoms. The van der Waals surface area contributed by atoms with Gasteiger partial charge in [-0.2, -0.15) is 0 Å². The highest BCUT2D eigenvalue weighted by atomic mass is 15.2. The minimum atomic E-state index is 0.587. The maximum atomic E-state index is 3.62. The second-order valence-electron chi connectivity index (χ2n) is 5.37. The lowest BCUT2D eigenvalue weighted by atomic mass is 9.98. The second kappa shape index (κ2) is 5.83. The third-order valence-corrected chi connectivity index (χ3v) is 4.09. The summed E-state index contributed by atoms with van der Waals surface area (Å²) in [5.41, 5.74) is 3.03. The molecule has 2 aliphatic rings. The minimum absolute atomic E-state index is 0.587. The van der Waals surface area contributed by atoms with E-state index in [1.54, 1.807) is 0 Å².